The zero-order valence-electron chi connectivity index (χ0n) is 9.69. The second kappa shape index (κ2) is 6.22. The molecule has 1 atom stereocenters. The summed E-state index contributed by atoms with van der Waals surface area (Å²) in [6.07, 6.45) is 1.94. The summed E-state index contributed by atoms with van der Waals surface area (Å²) in [6.45, 7) is 4.62. The lowest BCUT2D eigenvalue weighted by Gasteiger charge is -2.08. The first-order chi connectivity index (χ1) is 7.72. The van der Waals surface area contributed by atoms with E-state index in [4.69, 9.17) is 10.5 Å². The minimum atomic E-state index is -0.503. The Hall–Kier alpha value is -1.43. The molecule has 0 aliphatic rings. The first-order valence-electron chi connectivity index (χ1n) is 5.52. The number of nitrogens with two attached hydrogens (primary N) is 1. The summed E-state index contributed by atoms with van der Waals surface area (Å²) in [7, 11) is 0. The van der Waals surface area contributed by atoms with Crippen LogP contribution in [-0.2, 0) is 4.74 Å². The average Bonchev–Trinajstić information content (AvgIpc) is 2.75. The van der Waals surface area contributed by atoms with Crippen LogP contribution in [0.25, 0.3) is 0 Å². The highest BCUT2D eigenvalue weighted by Crippen LogP contribution is 2.15. The first kappa shape index (κ1) is 12.6. The number of esters is 1. The van der Waals surface area contributed by atoms with Gasteiger partial charge in [0.1, 0.15) is 5.82 Å². The Labute approximate surface area is 94.6 Å². The summed E-state index contributed by atoms with van der Waals surface area (Å²) in [5.74, 6) is 0.358. The molecule has 1 unspecified atom stereocenters. The normalized spacial score (nSPS) is 12.4. The van der Waals surface area contributed by atoms with Gasteiger partial charge in [-0.3, -0.25) is 5.10 Å². The molecule has 0 bridgehead atoms. The maximum absolute atomic E-state index is 11.3. The fourth-order valence-corrected chi connectivity index (χ4v) is 1.46. The van der Waals surface area contributed by atoms with Gasteiger partial charge < -0.3 is 10.5 Å². The number of ether oxygens (including phenoxy) is 1. The molecule has 0 fully saturated rings. The number of nitrogens with zero attached hydrogens (tertiary/aromatic N) is 2. The molecule has 0 saturated heterocycles. The summed E-state index contributed by atoms with van der Waals surface area (Å²) >= 11 is 0. The van der Waals surface area contributed by atoms with Crippen LogP contribution in [0.4, 0.5) is 0 Å². The number of carbonyl (C=O) groups excluding carboxylic acids is 1. The van der Waals surface area contributed by atoms with Crippen LogP contribution in [0.1, 0.15) is 49.1 Å². The first-order valence-corrected chi connectivity index (χ1v) is 5.52. The van der Waals surface area contributed by atoms with E-state index in [1.807, 2.05) is 0 Å². The van der Waals surface area contributed by atoms with E-state index in [-0.39, 0.29) is 11.7 Å². The van der Waals surface area contributed by atoms with Crippen LogP contribution in [0, 0.1) is 0 Å². The van der Waals surface area contributed by atoms with E-state index in [9.17, 15) is 4.79 Å². The van der Waals surface area contributed by atoms with Gasteiger partial charge in [0, 0.05) is 12.5 Å². The van der Waals surface area contributed by atoms with Gasteiger partial charge >= 0.3 is 5.97 Å². The van der Waals surface area contributed by atoms with Crippen molar-refractivity contribution in [2.24, 2.45) is 5.73 Å². The molecule has 0 saturated carbocycles. The topological polar surface area (TPSA) is 93.9 Å². The Morgan fingerprint density at radius 2 is 2.31 bits per heavy atom. The predicted octanol–water partition coefficient (Wildman–Crippen LogP) is 0.824. The Kier molecular flexibility index (Phi) is 4.91. The van der Waals surface area contributed by atoms with E-state index in [0.29, 0.717) is 19.0 Å². The van der Waals surface area contributed by atoms with E-state index >= 15 is 0 Å². The number of aromatic nitrogens is 3. The fraction of sp³-hybridized carbons (Fsp3) is 0.700. The summed E-state index contributed by atoms with van der Waals surface area (Å²) in [4.78, 5) is 15.4. The van der Waals surface area contributed by atoms with Crippen LogP contribution in [-0.4, -0.2) is 34.3 Å². The Morgan fingerprint density at radius 3 is 2.88 bits per heavy atom. The third-order valence-electron chi connectivity index (χ3n) is 2.27. The number of rotatable bonds is 6. The van der Waals surface area contributed by atoms with Gasteiger partial charge in [-0.25, -0.2) is 9.78 Å². The number of hydrogen-bond acceptors (Lipinski definition) is 5. The van der Waals surface area contributed by atoms with Crippen molar-refractivity contribution in [1.29, 1.82) is 0 Å². The molecule has 6 heteroatoms. The highest BCUT2D eigenvalue weighted by atomic mass is 16.5. The van der Waals surface area contributed by atoms with Crippen molar-refractivity contribution in [3.8, 4) is 0 Å². The molecule has 16 heavy (non-hydrogen) atoms. The lowest BCUT2D eigenvalue weighted by molar-refractivity contribution is 0.0512. The molecular formula is C10H18N4O2. The molecule has 0 radical (unpaired) electrons. The highest BCUT2D eigenvalue weighted by molar-refractivity contribution is 5.84. The van der Waals surface area contributed by atoms with Gasteiger partial charge in [0.05, 0.1) is 6.61 Å². The van der Waals surface area contributed by atoms with E-state index in [1.54, 1.807) is 6.92 Å². The van der Waals surface area contributed by atoms with Crippen molar-refractivity contribution in [2.75, 3.05) is 13.2 Å². The molecule has 1 aromatic heterocycles. The van der Waals surface area contributed by atoms with E-state index in [2.05, 4.69) is 22.1 Å². The van der Waals surface area contributed by atoms with Gasteiger partial charge in [0.2, 0.25) is 0 Å². The number of hydrogen-bond donors (Lipinski definition) is 2. The van der Waals surface area contributed by atoms with Gasteiger partial charge in [-0.05, 0) is 13.3 Å². The molecule has 90 valence electrons. The minimum absolute atomic E-state index is 0.0754. The molecule has 3 N–H and O–H groups in total. The van der Waals surface area contributed by atoms with Crippen LogP contribution < -0.4 is 5.73 Å². The maximum atomic E-state index is 11.3. The quantitative estimate of drug-likeness (QED) is 0.700. The van der Waals surface area contributed by atoms with Gasteiger partial charge in [-0.1, -0.05) is 13.3 Å². The predicted molar refractivity (Wildman–Crippen MR) is 59.0 cm³/mol. The lowest BCUT2D eigenvalue weighted by atomic mass is 10.0. The van der Waals surface area contributed by atoms with Gasteiger partial charge in [0.25, 0.3) is 5.82 Å². The SMILES string of the molecule is CCCC(CN)c1nc(C(=O)OCC)n[nH]1. The number of H-pyrrole nitrogens is 1. The van der Waals surface area contributed by atoms with Crippen LogP contribution >= 0.6 is 0 Å². The lowest BCUT2D eigenvalue weighted by Crippen LogP contribution is -2.14. The molecule has 0 aliphatic carbocycles. The van der Waals surface area contributed by atoms with Gasteiger partial charge in [0.15, 0.2) is 0 Å². The molecule has 1 rings (SSSR count). The summed E-state index contributed by atoms with van der Waals surface area (Å²) in [5, 5.41) is 6.56. The molecule has 0 amide bonds. The average molecular weight is 226 g/mol. The number of aromatic amines is 1. The monoisotopic (exact) mass is 226 g/mol. The summed E-state index contributed by atoms with van der Waals surface area (Å²) in [5.41, 5.74) is 5.63. The standard InChI is InChI=1S/C10H18N4O2/c1-3-5-7(6-11)8-12-9(14-13-8)10(15)16-4-2/h7H,3-6,11H2,1-2H3,(H,12,13,14). The van der Waals surface area contributed by atoms with Crippen LogP contribution in [0.2, 0.25) is 0 Å². The number of nitrogens with one attached hydrogen (secondary N) is 1. The van der Waals surface area contributed by atoms with Crippen molar-refractivity contribution in [2.45, 2.75) is 32.6 Å². The Morgan fingerprint density at radius 1 is 1.56 bits per heavy atom. The van der Waals surface area contributed by atoms with Crippen LogP contribution in [0.5, 0.6) is 0 Å². The van der Waals surface area contributed by atoms with E-state index < -0.39 is 5.97 Å². The number of carbonyl (C=O) groups is 1. The van der Waals surface area contributed by atoms with Crippen molar-refractivity contribution < 1.29 is 9.53 Å². The van der Waals surface area contributed by atoms with Gasteiger partial charge in [-0.2, -0.15) is 0 Å². The second-order valence-electron chi connectivity index (χ2n) is 3.49. The largest absolute Gasteiger partial charge is 0.460 e. The van der Waals surface area contributed by atoms with Crippen molar-refractivity contribution >= 4 is 5.97 Å². The molecule has 1 heterocycles. The Bertz CT molecular complexity index is 337. The molecule has 0 aliphatic heterocycles. The van der Waals surface area contributed by atoms with Gasteiger partial charge in [-0.15, -0.1) is 5.10 Å². The smallest absolute Gasteiger partial charge is 0.378 e. The summed E-state index contributed by atoms with van der Waals surface area (Å²) in [6, 6.07) is 0. The minimum Gasteiger partial charge on any atom is -0.460 e. The summed E-state index contributed by atoms with van der Waals surface area (Å²) < 4.78 is 4.80. The third-order valence-corrected chi connectivity index (χ3v) is 2.27. The Balaban J connectivity index is 2.72. The van der Waals surface area contributed by atoms with Crippen molar-refractivity contribution in [3.63, 3.8) is 0 Å². The van der Waals surface area contributed by atoms with Crippen LogP contribution in [0.3, 0.4) is 0 Å². The molecule has 0 spiro atoms. The van der Waals surface area contributed by atoms with Crippen LogP contribution in [0.15, 0.2) is 0 Å². The zero-order valence-corrected chi connectivity index (χ0v) is 9.69. The molecule has 1 aromatic rings. The molecular weight excluding hydrogens is 208 g/mol. The zero-order chi connectivity index (χ0) is 12.0. The van der Waals surface area contributed by atoms with Crippen molar-refractivity contribution in [3.05, 3.63) is 11.6 Å². The fourth-order valence-electron chi connectivity index (χ4n) is 1.46. The van der Waals surface area contributed by atoms with E-state index in [1.165, 1.54) is 0 Å². The van der Waals surface area contributed by atoms with Crippen molar-refractivity contribution in [1.82, 2.24) is 15.2 Å². The third kappa shape index (κ3) is 3.03. The molecule has 0 aromatic carbocycles. The second-order valence-corrected chi connectivity index (χ2v) is 3.49. The van der Waals surface area contributed by atoms with E-state index in [0.717, 1.165) is 12.8 Å². The highest BCUT2D eigenvalue weighted by Gasteiger charge is 2.18. The molecule has 6 nitrogen and oxygen atoms in total. The maximum Gasteiger partial charge on any atom is 0.378 e.